The summed E-state index contributed by atoms with van der Waals surface area (Å²) < 4.78 is 5.15. The molecular weight excluding hydrogens is 456 g/mol. The second kappa shape index (κ2) is 11.4. The van der Waals surface area contributed by atoms with Crippen molar-refractivity contribution in [1.82, 2.24) is 0 Å². The third kappa shape index (κ3) is 6.31. The van der Waals surface area contributed by atoms with Crippen LogP contribution in [0.5, 0.6) is 5.75 Å². The second-order valence-electron chi connectivity index (χ2n) is 7.92. The molecule has 6 heteroatoms. The maximum atomic E-state index is 13.4. The van der Waals surface area contributed by atoms with Crippen LogP contribution in [0.2, 0.25) is 0 Å². The lowest BCUT2D eigenvalue weighted by molar-refractivity contribution is -0.115. The monoisotopic (exact) mass is 482 g/mol. The van der Waals surface area contributed by atoms with Crippen LogP contribution in [0.4, 0.5) is 11.4 Å². The van der Waals surface area contributed by atoms with E-state index in [2.05, 4.69) is 10.6 Å². The zero-order chi connectivity index (χ0) is 24.6. The number of amides is 2. The predicted octanol–water partition coefficient (Wildman–Crippen LogP) is 6.73. The zero-order valence-electron chi connectivity index (χ0n) is 19.5. The maximum absolute atomic E-state index is 13.4. The maximum Gasteiger partial charge on any atom is 0.255 e. The van der Waals surface area contributed by atoms with Crippen LogP contribution in [0.25, 0.3) is 0 Å². The van der Waals surface area contributed by atoms with E-state index in [0.29, 0.717) is 17.0 Å². The van der Waals surface area contributed by atoms with Gasteiger partial charge in [0.2, 0.25) is 5.91 Å². The van der Waals surface area contributed by atoms with Gasteiger partial charge in [-0.1, -0.05) is 54.6 Å². The molecule has 0 fully saturated rings. The molecule has 0 saturated heterocycles. The predicted molar refractivity (Wildman–Crippen MR) is 142 cm³/mol. The van der Waals surface area contributed by atoms with E-state index >= 15 is 0 Å². The first kappa shape index (κ1) is 24.1. The fourth-order valence-corrected chi connectivity index (χ4v) is 4.62. The van der Waals surface area contributed by atoms with Crippen LogP contribution in [-0.4, -0.2) is 18.9 Å². The standard InChI is InChI=1S/C29H26N2O3S/c1-20-9-6-7-14-26(20)31-29(33)27(21-10-4-3-5-11-21)35-25-13-8-12-23(19-25)30-28(32)22-15-17-24(34-2)18-16-22/h3-19,27H,1-2H3,(H,30,32)(H,31,33). The Bertz CT molecular complexity index is 1310. The highest BCUT2D eigenvalue weighted by Crippen LogP contribution is 2.37. The lowest BCUT2D eigenvalue weighted by atomic mass is 10.1. The number of methoxy groups -OCH3 is 1. The minimum Gasteiger partial charge on any atom is -0.497 e. The molecule has 4 aromatic rings. The molecule has 35 heavy (non-hydrogen) atoms. The first-order valence-corrected chi connectivity index (χ1v) is 12.0. The van der Waals surface area contributed by atoms with Gasteiger partial charge in [-0.15, -0.1) is 11.8 Å². The van der Waals surface area contributed by atoms with E-state index in [4.69, 9.17) is 4.74 Å². The van der Waals surface area contributed by atoms with Gasteiger partial charge in [0.15, 0.2) is 0 Å². The molecule has 176 valence electrons. The number of carbonyl (C=O) groups excluding carboxylic acids is 2. The van der Waals surface area contributed by atoms with Gasteiger partial charge in [0.25, 0.3) is 5.91 Å². The normalized spacial score (nSPS) is 11.4. The topological polar surface area (TPSA) is 67.4 Å². The van der Waals surface area contributed by atoms with E-state index in [0.717, 1.165) is 21.7 Å². The number of rotatable bonds is 8. The second-order valence-corrected chi connectivity index (χ2v) is 9.10. The molecule has 5 nitrogen and oxygen atoms in total. The molecule has 0 aliphatic rings. The highest BCUT2D eigenvalue weighted by atomic mass is 32.2. The van der Waals surface area contributed by atoms with Gasteiger partial charge in [-0.2, -0.15) is 0 Å². The van der Waals surface area contributed by atoms with Crippen LogP contribution < -0.4 is 15.4 Å². The Morgan fingerprint density at radius 3 is 2.23 bits per heavy atom. The molecule has 0 saturated carbocycles. The zero-order valence-corrected chi connectivity index (χ0v) is 20.3. The van der Waals surface area contributed by atoms with Gasteiger partial charge in [0.05, 0.1) is 7.11 Å². The summed E-state index contributed by atoms with van der Waals surface area (Å²) in [7, 11) is 1.59. The summed E-state index contributed by atoms with van der Waals surface area (Å²) in [6.07, 6.45) is 0. The van der Waals surface area contributed by atoms with Crippen molar-refractivity contribution in [3.63, 3.8) is 0 Å². The van der Waals surface area contributed by atoms with Crippen LogP contribution in [0, 0.1) is 6.92 Å². The molecular formula is C29H26N2O3S. The molecule has 0 aromatic heterocycles. The summed E-state index contributed by atoms with van der Waals surface area (Å²) >= 11 is 1.44. The summed E-state index contributed by atoms with van der Waals surface area (Å²) in [5.41, 5.74) is 3.88. The van der Waals surface area contributed by atoms with Crippen molar-refractivity contribution in [2.75, 3.05) is 17.7 Å². The Morgan fingerprint density at radius 1 is 0.800 bits per heavy atom. The molecule has 4 aromatic carbocycles. The summed E-state index contributed by atoms with van der Waals surface area (Å²) in [5, 5.41) is 5.53. The van der Waals surface area contributed by atoms with Gasteiger partial charge in [-0.05, 0) is 66.6 Å². The Labute approximate surface area is 209 Å². The largest absolute Gasteiger partial charge is 0.497 e. The fourth-order valence-electron chi connectivity index (χ4n) is 3.54. The van der Waals surface area contributed by atoms with E-state index in [1.54, 1.807) is 31.4 Å². The Morgan fingerprint density at radius 2 is 1.51 bits per heavy atom. The first-order chi connectivity index (χ1) is 17.0. The molecule has 4 rings (SSSR count). The van der Waals surface area contributed by atoms with Crippen molar-refractivity contribution in [3.05, 3.63) is 120 Å². The third-order valence-electron chi connectivity index (χ3n) is 5.44. The van der Waals surface area contributed by atoms with E-state index in [1.807, 2.05) is 85.8 Å². The van der Waals surface area contributed by atoms with Gasteiger partial charge >= 0.3 is 0 Å². The van der Waals surface area contributed by atoms with Gasteiger partial charge in [0.1, 0.15) is 11.0 Å². The lowest BCUT2D eigenvalue weighted by Crippen LogP contribution is -2.19. The molecule has 0 aliphatic heterocycles. The molecule has 2 N–H and O–H groups in total. The number of hydrogen-bond donors (Lipinski definition) is 2. The van der Waals surface area contributed by atoms with Gasteiger partial charge in [-0.25, -0.2) is 0 Å². The van der Waals surface area contributed by atoms with Crippen LogP contribution >= 0.6 is 11.8 Å². The summed E-state index contributed by atoms with van der Waals surface area (Å²) in [6.45, 7) is 1.97. The average Bonchev–Trinajstić information content (AvgIpc) is 2.89. The van der Waals surface area contributed by atoms with Crippen molar-refractivity contribution in [2.24, 2.45) is 0 Å². The van der Waals surface area contributed by atoms with Gasteiger partial charge in [0, 0.05) is 21.8 Å². The van der Waals surface area contributed by atoms with Crippen LogP contribution in [0.15, 0.2) is 108 Å². The number of nitrogens with one attached hydrogen (secondary N) is 2. The van der Waals surface area contributed by atoms with Crippen molar-refractivity contribution in [2.45, 2.75) is 17.1 Å². The number of carbonyl (C=O) groups is 2. The fraction of sp³-hybridized carbons (Fsp3) is 0.103. The molecule has 0 aliphatic carbocycles. The third-order valence-corrected chi connectivity index (χ3v) is 6.69. The van der Waals surface area contributed by atoms with E-state index < -0.39 is 5.25 Å². The quantitative estimate of drug-likeness (QED) is 0.273. The number of benzene rings is 4. The van der Waals surface area contributed by atoms with E-state index in [9.17, 15) is 9.59 Å². The molecule has 1 atom stereocenters. The summed E-state index contributed by atoms with van der Waals surface area (Å²) in [6, 6.07) is 31.8. The Kier molecular flexibility index (Phi) is 7.85. The van der Waals surface area contributed by atoms with Crippen LogP contribution in [0.3, 0.4) is 0 Å². The highest BCUT2D eigenvalue weighted by Gasteiger charge is 2.23. The number of thioether (sulfide) groups is 1. The number of para-hydroxylation sites is 1. The molecule has 2 amide bonds. The minimum atomic E-state index is -0.469. The molecule has 0 radical (unpaired) electrons. The first-order valence-electron chi connectivity index (χ1n) is 11.2. The highest BCUT2D eigenvalue weighted by molar-refractivity contribution is 8.00. The minimum absolute atomic E-state index is 0.108. The Hall–Kier alpha value is -4.03. The summed E-state index contributed by atoms with van der Waals surface area (Å²) in [5.74, 6) is 0.366. The number of anilines is 2. The van der Waals surface area contributed by atoms with Crippen molar-refractivity contribution in [3.8, 4) is 5.75 Å². The van der Waals surface area contributed by atoms with E-state index in [1.165, 1.54) is 11.8 Å². The average molecular weight is 483 g/mol. The SMILES string of the molecule is COc1ccc(C(=O)Nc2cccc(SC(C(=O)Nc3ccccc3C)c3ccccc3)c2)cc1. The molecule has 0 heterocycles. The Balaban J connectivity index is 1.53. The lowest BCUT2D eigenvalue weighted by Gasteiger charge is -2.18. The van der Waals surface area contributed by atoms with Crippen molar-refractivity contribution < 1.29 is 14.3 Å². The molecule has 1 unspecified atom stereocenters. The summed E-state index contributed by atoms with van der Waals surface area (Å²) in [4.78, 5) is 26.9. The molecule has 0 spiro atoms. The number of aryl methyl sites for hydroxylation is 1. The van der Waals surface area contributed by atoms with Gasteiger partial charge in [-0.3, -0.25) is 9.59 Å². The molecule has 0 bridgehead atoms. The smallest absolute Gasteiger partial charge is 0.255 e. The van der Waals surface area contributed by atoms with Crippen LogP contribution in [-0.2, 0) is 4.79 Å². The number of hydrogen-bond acceptors (Lipinski definition) is 4. The van der Waals surface area contributed by atoms with Crippen molar-refractivity contribution >= 4 is 35.0 Å². The number of ether oxygens (including phenoxy) is 1. The van der Waals surface area contributed by atoms with Gasteiger partial charge < -0.3 is 15.4 Å². The van der Waals surface area contributed by atoms with Crippen LogP contribution in [0.1, 0.15) is 26.7 Å². The van der Waals surface area contributed by atoms with E-state index in [-0.39, 0.29) is 11.8 Å². The van der Waals surface area contributed by atoms with Crippen molar-refractivity contribution in [1.29, 1.82) is 0 Å².